The van der Waals surface area contributed by atoms with E-state index >= 15 is 0 Å². The van der Waals surface area contributed by atoms with Crippen molar-refractivity contribution in [1.82, 2.24) is 14.8 Å². The first-order chi connectivity index (χ1) is 19.6. The van der Waals surface area contributed by atoms with Crippen molar-refractivity contribution in [2.45, 2.75) is 25.6 Å². The van der Waals surface area contributed by atoms with Gasteiger partial charge in [0.2, 0.25) is 5.91 Å². The molecule has 1 aliphatic rings. The van der Waals surface area contributed by atoms with Crippen LogP contribution in [0.3, 0.4) is 0 Å². The number of halogens is 3. The maximum atomic E-state index is 12.8. The van der Waals surface area contributed by atoms with Gasteiger partial charge >= 0.3 is 6.18 Å². The van der Waals surface area contributed by atoms with Crippen LogP contribution in [0.15, 0.2) is 77.5 Å². The van der Waals surface area contributed by atoms with Gasteiger partial charge in [0.1, 0.15) is 5.69 Å². The van der Waals surface area contributed by atoms with Crippen LogP contribution in [-0.2, 0) is 12.7 Å². The van der Waals surface area contributed by atoms with E-state index in [0.29, 0.717) is 49.2 Å². The van der Waals surface area contributed by atoms with Gasteiger partial charge in [0.15, 0.2) is 0 Å². The van der Waals surface area contributed by atoms with Gasteiger partial charge in [-0.2, -0.15) is 13.2 Å². The van der Waals surface area contributed by atoms with Crippen LogP contribution in [0.2, 0.25) is 0 Å². The topological polar surface area (TPSA) is 128 Å². The second-order valence-corrected chi connectivity index (χ2v) is 9.70. The number of carbonyl (C=O) groups excluding carboxylic acids is 2. The van der Waals surface area contributed by atoms with E-state index < -0.39 is 17.8 Å². The number of amides is 2. The fraction of sp³-hybridized carbons (Fsp3) is 0.276. The molecule has 2 N–H and O–H groups in total. The van der Waals surface area contributed by atoms with Gasteiger partial charge < -0.3 is 10.6 Å². The summed E-state index contributed by atoms with van der Waals surface area (Å²) in [7, 11) is 1.54. The summed E-state index contributed by atoms with van der Waals surface area (Å²) >= 11 is 0. The number of alkyl halides is 3. The van der Waals surface area contributed by atoms with E-state index in [1.165, 1.54) is 17.2 Å². The van der Waals surface area contributed by atoms with Gasteiger partial charge in [-0.3, -0.25) is 19.5 Å². The zero-order valence-corrected chi connectivity index (χ0v) is 22.3. The highest BCUT2D eigenvalue weighted by Gasteiger charge is 2.32. The number of primary amides is 1. The molecule has 12 heteroatoms. The summed E-state index contributed by atoms with van der Waals surface area (Å²) < 4.78 is 38.5. The first-order valence-corrected chi connectivity index (χ1v) is 12.8. The summed E-state index contributed by atoms with van der Waals surface area (Å²) in [6.45, 7) is 1.74. The lowest BCUT2D eigenvalue weighted by molar-refractivity contribution is -0.141. The fourth-order valence-corrected chi connectivity index (χ4v) is 4.77. The van der Waals surface area contributed by atoms with Crippen LogP contribution >= 0.6 is 0 Å². The monoisotopic (exact) mass is 563 g/mol. The third-order valence-electron chi connectivity index (χ3n) is 6.88. The highest BCUT2D eigenvalue weighted by molar-refractivity contribution is 5.96. The Kier molecular flexibility index (Phi) is 9.06. The molecule has 0 spiro atoms. The second kappa shape index (κ2) is 12.7. The van der Waals surface area contributed by atoms with Crippen LogP contribution in [0.1, 0.15) is 55.9 Å². The Bertz CT molecular complexity index is 1490. The smallest absolute Gasteiger partial charge is 0.366 e. The molecule has 4 rings (SSSR count). The molecule has 0 unspecified atom stereocenters. The van der Waals surface area contributed by atoms with Crippen molar-refractivity contribution in [2.75, 3.05) is 26.8 Å². The summed E-state index contributed by atoms with van der Waals surface area (Å²) in [5.74, 6) is -0.833. The van der Waals surface area contributed by atoms with Gasteiger partial charge in [-0.25, -0.2) is 0 Å². The van der Waals surface area contributed by atoms with Gasteiger partial charge in [0.25, 0.3) is 5.91 Å². The highest BCUT2D eigenvalue weighted by atomic mass is 19.4. The molecular weight excluding hydrogens is 535 g/mol. The predicted molar refractivity (Wildman–Crippen MR) is 147 cm³/mol. The zero-order chi connectivity index (χ0) is 29.6. The molecule has 0 radical (unpaired) electrons. The number of hydrogen-bond acceptors (Lipinski definition) is 5. The number of pyridine rings is 1. The maximum Gasteiger partial charge on any atom is 0.433 e. The fourth-order valence-electron chi connectivity index (χ4n) is 4.77. The molecule has 0 saturated carbocycles. The predicted octanol–water partition coefficient (Wildman–Crippen LogP) is 5.64. The van der Waals surface area contributed by atoms with Gasteiger partial charge in [-0.1, -0.05) is 41.0 Å². The molecule has 1 fully saturated rings. The van der Waals surface area contributed by atoms with Crippen molar-refractivity contribution in [3.63, 3.8) is 0 Å². The number of aromatic nitrogens is 1. The number of nitrogens with zero attached hydrogens (tertiary/aromatic N) is 6. The highest BCUT2D eigenvalue weighted by Crippen LogP contribution is 2.34. The van der Waals surface area contributed by atoms with Crippen molar-refractivity contribution >= 4 is 17.4 Å². The van der Waals surface area contributed by atoms with E-state index in [1.54, 1.807) is 37.4 Å². The molecule has 1 aromatic heterocycles. The minimum atomic E-state index is -4.47. The number of carbonyl (C=O) groups is 2. The Balaban J connectivity index is 1.59. The van der Waals surface area contributed by atoms with Gasteiger partial charge in [-0.15, -0.1) is 0 Å². The number of likely N-dealkylation sites (tertiary alicyclic amines) is 1. The zero-order valence-electron chi connectivity index (χ0n) is 22.3. The summed E-state index contributed by atoms with van der Waals surface area (Å²) in [5.41, 5.74) is 18.4. The minimum Gasteiger partial charge on any atom is -0.366 e. The summed E-state index contributed by atoms with van der Waals surface area (Å²) in [6.07, 6.45) is -1.82. The Morgan fingerprint density at radius 2 is 1.68 bits per heavy atom. The largest absolute Gasteiger partial charge is 0.433 e. The molecule has 3 aromatic rings. The van der Waals surface area contributed by atoms with E-state index in [4.69, 9.17) is 11.3 Å². The van der Waals surface area contributed by atoms with Gasteiger partial charge in [0.05, 0.1) is 6.67 Å². The summed E-state index contributed by atoms with van der Waals surface area (Å²) in [5, 5.41) is 3.42. The van der Waals surface area contributed by atoms with Crippen LogP contribution in [0, 0.1) is 0 Å². The van der Waals surface area contributed by atoms with Crippen LogP contribution in [0.5, 0.6) is 0 Å². The summed E-state index contributed by atoms with van der Waals surface area (Å²) in [4.78, 5) is 34.3. The maximum absolute atomic E-state index is 12.8. The molecule has 0 atom stereocenters. The van der Waals surface area contributed by atoms with Crippen molar-refractivity contribution in [3.8, 4) is 0 Å². The molecule has 0 bridgehead atoms. The number of piperidine rings is 1. The molecule has 212 valence electrons. The van der Waals surface area contributed by atoms with Crippen molar-refractivity contribution in [1.29, 1.82) is 0 Å². The van der Waals surface area contributed by atoms with Gasteiger partial charge in [0, 0.05) is 48.9 Å². The normalized spacial score (nSPS) is 13.8. The average Bonchev–Trinajstić information content (AvgIpc) is 2.97. The van der Waals surface area contributed by atoms with E-state index in [-0.39, 0.29) is 12.6 Å². The van der Waals surface area contributed by atoms with E-state index in [0.717, 1.165) is 28.3 Å². The third-order valence-corrected chi connectivity index (χ3v) is 6.88. The molecular formula is C29H28F3N7O2. The first kappa shape index (κ1) is 29.3. The molecule has 2 heterocycles. The van der Waals surface area contributed by atoms with Crippen LogP contribution in [0.25, 0.3) is 16.0 Å². The number of azide groups is 1. The molecule has 0 aliphatic carbocycles. The van der Waals surface area contributed by atoms with Crippen molar-refractivity contribution in [3.05, 3.63) is 116 Å². The molecule has 1 aliphatic heterocycles. The minimum absolute atomic E-state index is 0.0919. The van der Waals surface area contributed by atoms with Crippen LogP contribution < -0.4 is 5.73 Å². The molecule has 41 heavy (non-hydrogen) atoms. The number of hydrogen-bond donors (Lipinski definition) is 1. The summed E-state index contributed by atoms with van der Waals surface area (Å²) in [6, 6.07) is 16.6. The number of benzene rings is 2. The van der Waals surface area contributed by atoms with Crippen LogP contribution in [0.4, 0.5) is 13.2 Å². The lowest BCUT2D eigenvalue weighted by atomic mass is 9.87. The first-order valence-electron chi connectivity index (χ1n) is 12.8. The second-order valence-electron chi connectivity index (χ2n) is 9.70. The van der Waals surface area contributed by atoms with Crippen molar-refractivity contribution < 1.29 is 22.8 Å². The van der Waals surface area contributed by atoms with Crippen LogP contribution in [-0.4, -0.2) is 53.4 Å². The quantitative estimate of drug-likeness (QED) is 0.216. The average molecular weight is 564 g/mol. The molecule has 2 aromatic carbocycles. The molecule has 2 amide bonds. The van der Waals surface area contributed by atoms with Gasteiger partial charge in [-0.05, 0) is 71.0 Å². The Labute approximate surface area is 234 Å². The molecule has 9 nitrogen and oxygen atoms in total. The lowest BCUT2D eigenvalue weighted by Crippen LogP contribution is -2.30. The standard InChI is InChI=1S/C29H28F3N7O2/c1-38(18-36-37-34)28(41)22-8-6-20(7-9-22)26(23-3-2-4-24(15-23)27(33)40)21-11-13-39(14-12-21)17-19-5-10-25(35-16-19)29(30,31)32/h2-10,15-16H,11-14,17-18H2,1H3,(H2,33,40). The SMILES string of the molecule is CN(CN=[N+]=[N-])C(=O)c1ccc(C(=C2CCN(Cc3ccc(C(F)(F)F)nc3)CC2)c2cccc(C(N)=O)c2)cc1. The van der Waals surface area contributed by atoms with E-state index in [9.17, 15) is 22.8 Å². The Hall–Kier alpha value is -4.67. The number of rotatable bonds is 8. The Morgan fingerprint density at radius 3 is 2.27 bits per heavy atom. The molecule has 1 saturated heterocycles. The van der Waals surface area contributed by atoms with E-state index in [1.807, 2.05) is 18.2 Å². The third kappa shape index (κ3) is 7.30. The Morgan fingerprint density at radius 1 is 1.02 bits per heavy atom. The number of nitrogens with two attached hydrogens (primary N) is 1. The lowest BCUT2D eigenvalue weighted by Gasteiger charge is -2.30. The van der Waals surface area contributed by atoms with Crippen molar-refractivity contribution in [2.24, 2.45) is 10.8 Å². The van der Waals surface area contributed by atoms with E-state index in [2.05, 4.69) is 19.9 Å².